The highest BCUT2D eigenvalue weighted by molar-refractivity contribution is 7.09. The molecule has 6 heteroatoms. The van der Waals surface area contributed by atoms with E-state index in [2.05, 4.69) is 15.6 Å². The first-order chi connectivity index (χ1) is 7.72. The predicted molar refractivity (Wildman–Crippen MR) is 63.6 cm³/mol. The average Bonchev–Trinajstić information content (AvgIpc) is 2.64. The molecule has 90 valence electrons. The van der Waals surface area contributed by atoms with E-state index in [9.17, 15) is 4.79 Å². The molecule has 0 spiro atoms. The molecule has 1 aromatic rings. The van der Waals surface area contributed by atoms with Crippen molar-refractivity contribution in [3.63, 3.8) is 0 Å². The van der Waals surface area contributed by atoms with Crippen LogP contribution >= 0.6 is 11.3 Å². The topological polar surface area (TPSA) is 63.2 Å². The Morgan fingerprint density at radius 1 is 1.56 bits per heavy atom. The van der Waals surface area contributed by atoms with Crippen molar-refractivity contribution in [3.8, 4) is 0 Å². The minimum atomic E-state index is -0.367. The molecule has 0 aliphatic carbocycles. The Labute approximate surface area is 99.2 Å². The normalized spacial score (nSPS) is 10.1. The number of aryl methyl sites for hydroxylation is 1. The summed E-state index contributed by atoms with van der Waals surface area (Å²) in [6.07, 6.45) is -0.367. The summed E-state index contributed by atoms with van der Waals surface area (Å²) in [7, 11) is 0. The van der Waals surface area contributed by atoms with E-state index in [1.165, 1.54) is 0 Å². The third-order valence-corrected chi connectivity index (χ3v) is 2.64. The first-order valence-electron chi connectivity index (χ1n) is 5.24. The maximum atomic E-state index is 10.9. The van der Waals surface area contributed by atoms with Gasteiger partial charge in [-0.05, 0) is 13.8 Å². The molecule has 5 nitrogen and oxygen atoms in total. The molecule has 0 atom stereocenters. The van der Waals surface area contributed by atoms with Crippen molar-refractivity contribution in [3.05, 3.63) is 16.1 Å². The van der Waals surface area contributed by atoms with Gasteiger partial charge in [-0.3, -0.25) is 0 Å². The lowest BCUT2D eigenvalue weighted by molar-refractivity contribution is 0.152. The van der Waals surface area contributed by atoms with Crippen molar-refractivity contribution in [2.24, 2.45) is 0 Å². The molecule has 16 heavy (non-hydrogen) atoms. The number of hydrogen-bond donors (Lipinski definition) is 2. The van der Waals surface area contributed by atoms with Gasteiger partial charge >= 0.3 is 6.09 Å². The fourth-order valence-corrected chi connectivity index (χ4v) is 1.75. The van der Waals surface area contributed by atoms with Crippen LogP contribution in [0, 0.1) is 6.92 Å². The van der Waals surface area contributed by atoms with E-state index in [4.69, 9.17) is 4.74 Å². The molecule has 0 fully saturated rings. The van der Waals surface area contributed by atoms with Crippen LogP contribution in [0.3, 0.4) is 0 Å². The van der Waals surface area contributed by atoms with Gasteiger partial charge in [-0.15, -0.1) is 11.3 Å². The van der Waals surface area contributed by atoms with Crippen molar-refractivity contribution in [2.75, 3.05) is 19.7 Å². The Hall–Kier alpha value is -1.14. The van der Waals surface area contributed by atoms with E-state index >= 15 is 0 Å². The molecule has 1 heterocycles. The first kappa shape index (κ1) is 12.9. The highest BCUT2D eigenvalue weighted by Gasteiger charge is 1.99. The van der Waals surface area contributed by atoms with Gasteiger partial charge in [0.1, 0.15) is 0 Å². The lowest BCUT2D eigenvalue weighted by atomic mass is 10.4. The third kappa shape index (κ3) is 5.09. The number of amides is 1. The van der Waals surface area contributed by atoms with Crippen molar-refractivity contribution >= 4 is 17.4 Å². The maximum Gasteiger partial charge on any atom is 0.407 e. The molecule has 0 aliphatic rings. The molecule has 0 aliphatic heterocycles. The monoisotopic (exact) mass is 243 g/mol. The zero-order valence-electron chi connectivity index (χ0n) is 9.58. The van der Waals surface area contributed by atoms with Crippen LogP contribution in [0.2, 0.25) is 0 Å². The number of nitrogens with zero attached hydrogens (tertiary/aromatic N) is 1. The Morgan fingerprint density at radius 2 is 2.38 bits per heavy atom. The van der Waals surface area contributed by atoms with Gasteiger partial charge in [0.15, 0.2) is 0 Å². The second-order valence-corrected chi connectivity index (χ2v) is 4.24. The highest BCUT2D eigenvalue weighted by atomic mass is 32.1. The Bertz CT molecular complexity index is 328. The minimum absolute atomic E-state index is 0.367. The zero-order valence-corrected chi connectivity index (χ0v) is 10.4. The summed E-state index contributed by atoms with van der Waals surface area (Å²) in [6, 6.07) is 0. The zero-order chi connectivity index (χ0) is 11.8. The summed E-state index contributed by atoms with van der Waals surface area (Å²) in [4.78, 5) is 15.2. The number of aromatic nitrogens is 1. The van der Waals surface area contributed by atoms with E-state index < -0.39 is 0 Å². The molecule has 1 amide bonds. The van der Waals surface area contributed by atoms with Gasteiger partial charge in [-0.2, -0.15) is 0 Å². The van der Waals surface area contributed by atoms with Gasteiger partial charge in [0.05, 0.1) is 17.3 Å². The van der Waals surface area contributed by atoms with Crippen molar-refractivity contribution in [1.29, 1.82) is 0 Å². The molecule has 2 N–H and O–H groups in total. The largest absolute Gasteiger partial charge is 0.450 e. The molecule has 0 bridgehead atoms. The fourth-order valence-electron chi connectivity index (χ4n) is 1.14. The summed E-state index contributed by atoms with van der Waals surface area (Å²) in [5.41, 5.74) is 1.04. The standard InChI is InChI=1S/C10H17N3O2S/c1-3-15-10(14)12-5-4-11-6-9-7-16-8(2)13-9/h7,11H,3-6H2,1-2H3,(H,12,14). The summed E-state index contributed by atoms with van der Waals surface area (Å²) in [6.45, 7) is 6.16. The highest BCUT2D eigenvalue weighted by Crippen LogP contribution is 2.06. The van der Waals surface area contributed by atoms with Gasteiger partial charge in [-0.25, -0.2) is 9.78 Å². The SMILES string of the molecule is CCOC(=O)NCCNCc1csc(C)n1. The average molecular weight is 243 g/mol. The Kier molecular flexibility index (Phi) is 5.81. The fraction of sp³-hybridized carbons (Fsp3) is 0.600. The summed E-state index contributed by atoms with van der Waals surface area (Å²) >= 11 is 1.64. The molecule has 0 saturated carbocycles. The lowest BCUT2D eigenvalue weighted by Crippen LogP contribution is -2.32. The summed E-state index contributed by atoms with van der Waals surface area (Å²) in [5, 5.41) is 8.92. The van der Waals surface area contributed by atoms with E-state index in [0.29, 0.717) is 19.7 Å². The molecule has 0 aromatic carbocycles. The molecule has 0 unspecified atom stereocenters. The summed E-state index contributed by atoms with van der Waals surface area (Å²) < 4.78 is 4.72. The molecule has 1 rings (SSSR count). The van der Waals surface area contributed by atoms with Crippen LogP contribution in [0.4, 0.5) is 4.79 Å². The third-order valence-electron chi connectivity index (χ3n) is 1.82. The molecule has 1 aromatic heterocycles. The van der Waals surface area contributed by atoms with Crippen LogP contribution < -0.4 is 10.6 Å². The molecule has 0 saturated heterocycles. The van der Waals surface area contributed by atoms with Crippen LogP contribution in [0.1, 0.15) is 17.6 Å². The minimum Gasteiger partial charge on any atom is -0.450 e. The number of carbonyl (C=O) groups excluding carboxylic acids is 1. The number of nitrogens with one attached hydrogen (secondary N) is 2. The smallest absolute Gasteiger partial charge is 0.407 e. The van der Waals surface area contributed by atoms with Crippen molar-refractivity contribution in [1.82, 2.24) is 15.6 Å². The quantitative estimate of drug-likeness (QED) is 0.739. The summed E-state index contributed by atoms with van der Waals surface area (Å²) in [5.74, 6) is 0. The first-order valence-corrected chi connectivity index (χ1v) is 6.12. The van der Waals surface area contributed by atoms with E-state index in [0.717, 1.165) is 17.2 Å². The number of hydrogen-bond acceptors (Lipinski definition) is 5. The number of carbonyl (C=O) groups is 1. The van der Waals surface area contributed by atoms with E-state index in [1.807, 2.05) is 12.3 Å². The van der Waals surface area contributed by atoms with Crippen LogP contribution in [0.15, 0.2) is 5.38 Å². The predicted octanol–water partition coefficient (Wildman–Crippen LogP) is 1.29. The van der Waals surface area contributed by atoms with Gasteiger partial charge in [0, 0.05) is 25.0 Å². The molecule has 0 radical (unpaired) electrons. The number of thiazole rings is 1. The van der Waals surface area contributed by atoms with Gasteiger partial charge in [0.25, 0.3) is 0 Å². The molecular weight excluding hydrogens is 226 g/mol. The van der Waals surface area contributed by atoms with Gasteiger partial charge in [0.2, 0.25) is 0 Å². The maximum absolute atomic E-state index is 10.9. The Morgan fingerprint density at radius 3 is 3.00 bits per heavy atom. The molecular formula is C10H17N3O2S. The van der Waals surface area contributed by atoms with E-state index in [-0.39, 0.29) is 6.09 Å². The van der Waals surface area contributed by atoms with E-state index in [1.54, 1.807) is 18.3 Å². The van der Waals surface area contributed by atoms with Crippen LogP contribution in [-0.2, 0) is 11.3 Å². The van der Waals surface area contributed by atoms with Gasteiger partial charge in [-0.1, -0.05) is 0 Å². The number of alkyl carbamates (subject to hydrolysis) is 1. The lowest BCUT2D eigenvalue weighted by Gasteiger charge is -2.05. The number of rotatable bonds is 6. The second kappa shape index (κ2) is 7.19. The second-order valence-electron chi connectivity index (χ2n) is 3.18. The van der Waals surface area contributed by atoms with Crippen LogP contribution in [-0.4, -0.2) is 30.8 Å². The van der Waals surface area contributed by atoms with Crippen molar-refractivity contribution in [2.45, 2.75) is 20.4 Å². The van der Waals surface area contributed by atoms with Crippen LogP contribution in [0.25, 0.3) is 0 Å². The Balaban J connectivity index is 2.02. The van der Waals surface area contributed by atoms with Gasteiger partial charge < -0.3 is 15.4 Å². The van der Waals surface area contributed by atoms with Crippen LogP contribution in [0.5, 0.6) is 0 Å². The van der Waals surface area contributed by atoms with Crippen molar-refractivity contribution < 1.29 is 9.53 Å². The number of ether oxygens (including phenoxy) is 1.